The van der Waals surface area contributed by atoms with E-state index in [1.165, 1.54) is 6.42 Å². The van der Waals surface area contributed by atoms with Gasteiger partial charge in [0, 0.05) is 0 Å². The SMILES string of the molecule is C=CCC1CCCCC1(O)CC=C.[H-].[Na+]. The third-order valence-corrected chi connectivity index (χ3v) is 3.12. The van der Waals surface area contributed by atoms with Crippen LogP contribution in [0.3, 0.4) is 0 Å². The predicted octanol–water partition coefficient (Wildman–Crippen LogP) is 0.176. The fourth-order valence-corrected chi connectivity index (χ4v) is 2.35. The molecule has 1 aliphatic carbocycles. The summed E-state index contributed by atoms with van der Waals surface area (Å²) >= 11 is 0. The van der Waals surface area contributed by atoms with Gasteiger partial charge in [-0.05, 0) is 31.6 Å². The molecule has 76 valence electrons. The summed E-state index contributed by atoms with van der Waals surface area (Å²) in [5.41, 5.74) is -0.492. The van der Waals surface area contributed by atoms with Crippen molar-refractivity contribution in [3.63, 3.8) is 0 Å². The standard InChI is InChI=1S/C12H20O.Na.H/c1-3-7-11-8-5-6-10-12(11,13)9-4-2;;/h3-4,11,13H,1-2,5-10H2;;/q;+1;-1. The maximum Gasteiger partial charge on any atom is 1.00 e. The molecule has 2 heteroatoms. The molecule has 2 unspecified atom stereocenters. The Morgan fingerprint density at radius 2 is 2.07 bits per heavy atom. The molecule has 0 aromatic carbocycles. The topological polar surface area (TPSA) is 20.2 Å². The Morgan fingerprint density at radius 3 is 2.64 bits per heavy atom. The number of allylic oxidation sites excluding steroid dienone is 1. The van der Waals surface area contributed by atoms with Crippen LogP contribution in [0.2, 0.25) is 0 Å². The van der Waals surface area contributed by atoms with Gasteiger partial charge in [0.1, 0.15) is 0 Å². The van der Waals surface area contributed by atoms with Gasteiger partial charge in [0.15, 0.2) is 0 Å². The predicted molar refractivity (Wildman–Crippen MR) is 57.6 cm³/mol. The molecule has 1 aliphatic rings. The minimum absolute atomic E-state index is 0. The van der Waals surface area contributed by atoms with Crippen LogP contribution >= 0.6 is 0 Å². The van der Waals surface area contributed by atoms with E-state index in [1.807, 2.05) is 12.2 Å². The Hall–Kier alpha value is 0.440. The Morgan fingerprint density at radius 1 is 1.36 bits per heavy atom. The van der Waals surface area contributed by atoms with Crippen LogP contribution < -0.4 is 29.6 Å². The van der Waals surface area contributed by atoms with Crippen molar-refractivity contribution in [1.29, 1.82) is 0 Å². The molecule has 0 bridgehead atoms. The van der Waals surface area contributed by atoms with Gasteiger partial charge in [-0.1, -0.05) is 25.0 Å². The molecule has 0 radical (unpaired) electrons. The van der Waals surface area contributed by atoms with Gasteiger partial charge >= 0.3 is 29.6 Å². The van der Waals surface area contributed by atoms with Gasteiger partial charge in [-0.2, -0.15) is 0 Å². The Bertz CT molecular complexity index is 196. The van der Waals surface area contributed by atoms with Crippen molar-refractivity contribution in [1.82, 2.24) is 0 Å². The van der Waals surface area contributed by atoms with Gasteiger partial charge in [0.2, 0.25) is 0 Å². The fourth-order valence-electron chi connectivity index (χ4n) is 2.35. The number of aliphatic hydroxyl groups is 1. The smallest absolute Gasteiger partial charge is 1.00 e. The van der Waals surface area contributed by atoms with Crippen molar-refractivity contribution in [2.24, 2.45) is 5.92 Å². The maximum atomic E-state index is 10.3. The fraction of sp³-hybridized carbons (Fsp3) is 0.667. The van der Waals surface area contributed by atoms with Crippen LogP contribution in [0.4, 0.5) is 0 Å². The first-order valence-corrected chi connectivity index (χ1v) is 5.17. The van der Waals surface area contributed by atoms with Gasteiger partial charge in [-0.3, -0.25) is 0 Å². The van der Waals surface area contributed by atoms with Crippen molar-refractivity contribution >= 4 is 0 Å². The monoisotopic (exact) mass is 204 g/mol. The molecule has 0 spiro atoms. The van der Waals surface area contributed by atoms with Crippen molar-refractivity contribution in [2.45, 2.75) is 44.1 Å². The van der Waals surface area contributed by atoms with E-state index in [1.54, 1.807) is 0 Å². The van der Waals surface area contributed by atoms with Crippen LogP contribution in [0.15, 0.2) is 25.3 Å². The van der Waals surface area contributed by atoms with E-state index < -0.39 is 5.60 Å². The van der Waals surface area contributed by atoms with E-state index in [4.69, 9.17) is 0 Å². The summed E-state index contributed by atoms with van der Waals surface area (Å²) < 4.78 is 0. The summed E-state index contributed by atoms with van der Waals surface area (Å²) in [6.07, 6.45) is 9.88. The van der Waals surface area contributed by atoms with Crippen LogP contribution in [0.1, 0.15) is 40.0 Å². The van der Waals surface area contributed by atoms with Crippen LogP contribution in [-0.2, 0) is 0 Å². The van der Waals surface area contributed by atoms with E-state index in [-0.39, 0.29) is 31.0 Å². The largest absolute Gasteiger partial charge is 1.00 e. The Balaban J connectivity index is 0. The van der Waals surface area contributed by atoms with Gasteiger partial charge in [-0.15, -0.1) is 13.2 Å². The van der Waals surface area contributed by atoms with E-state index in [2.05, 4.69) is 13.2 Å². The zero-order valence-electron chi connectivity index (χ0n) is 10.3. The number of hydrogen-bond acceptors (Lipinski definition) is 1. The number of rotatable bonds is 4. The van der Waals surface area contributed by atoms with Gasteiger partial charge in [-0.25, -0.2) is 0 Å². The zero-order chi connectivity index (χ0) is 9.73. The van der Waals surface area contributed by atoms with Crippen LogP contribution in [-0.4, -0.2) is 10.7 Å². The minimum Gasteiger partial charge on any atom is -1.00 e. The molecule has 0 heterocycles. The summed E-state index contributed by atoms with van der Waals surface area (Å²) in [5.74, 6) is 0.400. The number of hydrogen-bond donors (Lipinski definition) is 1. The third kappa shape index (κ3) is 3.54. The second kappa shape index (κ2) is 6.84. The maximum absolute atomic E-state index is 10.3. The summed E-state index contributed by atoms with van der Waals surface area (Å²) in [6.45, 7) is 7.45. The Labute approximate surface area is 111 Å². The zero-order valence-corrected chi connectivity index (χ0v) is 11.3. The molecule has 0 aromatic rings. The molecule has 1 saturated carbocycles. The average Bonchev–Trinajstić information content (AvgIpc) is 2.10. The summed E-state index contributed by atoms with van der Waals surface area (Å²) in [7, 11) is 0. The van der Waals surface area contributed by atoms with E-state index in [0.29, 0.717) is 5.92 Å². The van der Waals surface area contributed by atoms with E-state index in [9.17, 15) is 5.11 Å². The van der Waals surface area contributed by atoms with E-state index >= 15 is 0 Å². The normalized spacial score (nSPS) is 31.6. The minimum atomic E-state index is -0.492. The molecule has 0 saturated heterocycles. The molecule has 0 aromatic heterocycles. The second-order valence-electron chi connectivity index (χ2n) is 4.06. The molecule has 0 amide bonds. The molecule has 14 heavy (non-hydrogen) atoms. The van der Waals surface area contributed by atoms with Crippen molar-refractivity contribution in [3.8, 4) is 0 Å². The molecule has 2 atom stereocenters. The first-order chi connectivity index (χ1) is 6.23. The molecule has 1 nitrogen and oxygen atoms in total. The third-order valence-electron chi connectivity index (χ3n) is 3.12. The summed E-state index contributed by atoms with van der Waals surface area (Å²) in [5, 5.41) is 10.3. The van der Waals surface area contributed by atoms with Crippen molar-refractivity contribution in [3.05, 3.63) is 25.3 Å². The van der Waals surface area contributed by atoms with E-state index in [0.717, 1.165) is 32.1 Å². The molecule has 1 fully saturated rings. The van der Waals surface area contributed by atoms with Gasteiger partial charge in [0.05, 0.1) is 5.60 Å². The quantitative estimate of drug-likeness (QED) is 0.511. The van der Waals surface area contributed by atoms with Crippen molar-refractivity contribution < 1.29 is 36.1 Å². The van der Waals surface area contributed by atoms with Crippen molar-refractivity contribution in [2.75, 3.05) is 0 Å². The molecule has 1 N–H and O–H groups in total. The molecular weight excluding hydrogens is 183 g/mol. The molecular formula is C12H21NaO. The molecule has 0 aliphatic heterocycles. The van der Waals surface area contributed by atoms with Crippen LogP contribution in [0.5, 0.6) is 0 Å². The average molecular weight is 204 g/mol. The second-order valence-corrected chi connectivity index (χ2v) is 4.06. The van der Waals surface area contributed by atoms with Crippen LogP contribution in [0, 0.1) is 5.92 Å². The van der Waals surface area contributed by atoms with Gasteiger partial charge in [0.25, 0.3) is 0 Å². The van der Waals surface area contributed by atoms with Gasteiger partial charge < -0.3 is 6.53 Å². The summed E-state index contributed by atoms with van der Waals surface area (Å²) in [6, 6.07) is 0. The first-order valence-electron chi connectivity index (χ1n) is 5.17. The Kier molecular flexibility index (Phi) is 7.05. The van der Waals surface area contributed by atoms with Crippen LogP contribution in [0.25, 0.3) is 0 Å². The summed E-state index contributed by atoms with van der Waals surface area (Å²) in [4.78, 5) is 0. The first kappa shape index (κ1) is 14.4. The molecule has 1 rings (SSSR count).